The molecule has 102 valence electrons. The lowest BCUT2D eigenvalue weighted by Crippen LogP contribution is -2.42. The Morgan fingerprint density at radius 2 is 2.32 bits per heavy atom. The largest absolute Gasteiger partial charge is 0.478 e. The molecule has 3 N–H and O–H groups in total. The molecular weight excluding hydrogens is 264 g/mol. The molecule has 1 aliphatic heterocycles. The summed E-state index contributed by atoms with van der Waals surface area (Å²) >= 11 is 1.71. The zero-order valence-corrected chi connectivity index (χ0v) is 11.2. The highest BCUT2D eigenvalue weighted by molar-refractivity contribution is 7.99. The van der Waals surface area contributed by atoms with E-state index in [1.54, 1.807) is 30.0 Å². The van der Waals surface area contributed by atoms with Crippen molar-refractivity contribution in [3.8, 4) is 0 Å². The van der Waals surface area contributed by atoms with Gasteiger partial charge in [0.15, 0.2) is 0 Å². The standard InChI is InChI=1S/C13H16N2O3S/c16-12(11-7-19-8-15-11)14-5-4-9-2-1-3-10(6-9)13(17)18/h1-3,6,11,15H,4-5,7-8H2,(H,14,16)(H,17,18). The first-order chi connectivity index (χ1) is 9.16. The molecule has 1 unspecified atom stereocenters. The van der Waals surface area contributed by atoms with Crippen molar-refractivity contribution in [2.24, 2.45) is 0 Å². The molecule has 1 atom stereocenters. The third-order valence-corrected chi connectivity index (χ3v) is 3.86. The molecule has 0 spiro atoms. The van der Waals surface area contributed by atoms with Gasteiger partial charge in [0.25, 0.3) is 0 Å². The minimum absolute atomic E-state index is 0.0133. The van der Waals surface area contributed by atoms with Gasteiger partial charge in [-0.1, -0.05) is 12.1 Å². The maximum absolute atomic E-state index is 11.7. The summed E-state index contributed by atoms with van der Waals surface area (Å²) in [5, 5.41) is 14.8. The van der Waals surface area contributed by atoms with E-state index in [2.05, 4.69) is 10.6 Å². The van der Waals surface area contributed by atoms with Crippen molar-refractivity contribution in [2.45, 2.75) is 12.5 Å². The smallest absolute Gasteiger partial charge is 0.335 e. The maximum Gasteiger partial charge on any atom is 0.335 e. The summed E-state index contributed by atoms with van der Waals surface area (Å²) in [5.74, 6) is 0.705. The zero-order valence-electron chi connectivity index (χ0n) is 10.4. The number of carbonyl (C=O) groups is 2. The fourth-order valence-corrected chi connectivity index (χ4v) is 2.82. The van der Waals surface area contributed by atoms with Gasteiger partial charge >= 0.3 is 5.97 Å². The molecule has 0 aromatic heterocycles. The van der Waals surface area contributed by atoms with Gasteiger partial charge < -0.3 is 10.4 Å². The van der Waals surface area contributed by atoms with E-state index >= 15 is 0 Å². The van der Waals surface area contributed by atoms with Crippen molar-refractivity contribution in [1.29, 1.82) is 0 Å². The van der Waals surface area contributed by atoms with Crippen LogP contribution in [0.2, 0.25) is 0 Å². The molecule has 0 bridgehead atoms. The normalized spacial score (nSPS) is 18.2. The second-order valence-corrected chi connectivity index (χ2v) is 5.35. The highest BCUT2D eigenvalue weighted by Crippen LogP contribution is 2.09. The van der Waals surface area contributed by atoms with Crippen LogP contribution in [-0.2, 0) is 11.2 Å². The molecule has 6 heteroatoms. The van der Waals surface area contributed by atoms with Crippen LogP contribution >= 0.6 is 11.8 Å². The fourth-order valence-electron chi connectivity index (χ4n) is 1.88. The summed E-state index contributed by atoms with van der Waals surface area (Å²) < 4.78 is 0. The van der Waals surface area contributed by atoms with Crippen LogP contribution in [0.4, 0.5) is 0 Å². The molecule has 2 rings (SSSR count). The monoisotopic (exact) mass is 280 g/mol. The number of carbonyl (C=O) groups excluding carboxylic acids is 1. The Labute approximate surface area is 115 Å². The Balaban J connectivity index is 1.80. The number of hydrogen-bond donors (Lipinski definition) is 3. The van der Waals surface area contributed by atoms with E-state index in [0.29, 0.717) is 13.0 Å². The maximum atomic E-state index is 11.7. The molecule has 1 saturated heterocycles. The molecule has 5 nitrogen and oxygen atoms in total. The predicted octanol–water partition coefficient (Wildman–Crippen LogP) is 0.706. The average molecular weight is 280 g/mol. The van der Waals surface area contributed by atoms with Gasteiger partial charge in [0, 0.05) is 18.2 Å². The first kappa shape index (κ1) is 13.9. The molecule has 1 amide bonds. The molecule has 1 aromatic rings. The van der Waals surface area contributed by atoms with E-state index in [-0.39, 0.29) is 17.5 Å². The number of amides is 1. The molecule has 1 aromatic carbocycles. The number of carboxylic acids is 1. The Morgan fingerprint density at radius 1 is 1.47 bits per heavy atom. The Bertz CT molecular complexity index is 473. The minimum Gasteiger partial charge on any atom is -0.478 e. The van der Waals surface area contributed by atoms with Crippen LogP contribution in [0.1, 0.15) is 15.9 Å². The van der Waals surface area contributed by atoms with Crippen LogP contribution in [0.15, 0.2) is 24.3 Å². The van der Waals surface area contributed by atoms with Crippen LogP contribution < -0.4 is 10.6 Å². The van der Waals surface area contributed by atoms with Crippen molar-refractivity contribution < 1.29 is 14.7 Å². The van der Waals surface area contributed by atoms with Crippen molar-refractivity contribution in [3.05, 3.63) is 35.4 Å². The van der Waals surface area contributed by atoms with E-state index in [1.165, 1.54) is 0 Å². The number of benzene rings is 1. The van der Waals surface area contributed by atoms with Crippen LogP contribution in [0.3, 0.4) is 0 Å². The van der Waals surface area contributed by atoms with Gasteiger partial charge in [-0.05, 0) is 24.1 Å². The van der Waals surface area contributed by atoms with E-state index in [1.807, 2.05) is 6.07 Å². The third kappa shape index (κ3) is 3.97. The predicted molar refractivity (Wildman–Crippen MR) is 74.4 cm³/mol. The quantitative estimate of drug-likeness (QED) is 0.740. The highest BCUT2D eigenvalue weighted by atomic mass is 32.2. The van der Waals surface area contributed by atoms with Gasteiger partial charge in [-0.2, -0.15) is 0 Å². The van der Waals surface area contributed by atoms with Gasteiger partial charge in [-0.25, -0.2) is 4.79 Å². The van der Waals surface area contributed by atoms with E-state index < -0.39 is 5.97 Å². The molecule has 1 fully saturated rings. The Hall–Kier alpha value is -1.53. The number of aromatic carboxylic acids is 1. The second kappa shape index (κ2) is 6.58. The van der Waals surface area contributed by atoms with Crippen LogP contribution in [0, 0.1) is 0 Å². The number of nitrogens with one attached hydrogen (secondary N) is 2. The topological polar surface area (TPSA) is 78.4 Å². The van der Waals surface area contributed by atoms with E-state index in [4.69, 9.17) is 5.11 Å². The Kier molecular flexibility index (Phi) is 4.81. The summed E-state index contributed by atoms with van der Waals surface area (Å²) in [5.41, 5.74) is 1.19. The molecule has 1 aliphatic rings. The molecule has 0 aliphatic carbocycles. The molecule has 0 radical (unpaired) electrons. The number of rotatable bonds is 5. The zero-order chi connectivity index (χ0) is 13.7. The summed E-state index contributed by atoms with van der Waals surface area (Å²) in [6, 6.07) is 6.68. The number of thioether (sulfide) groups is 1. The first-order valence-electron chi connectivity index (χ1n) is 6.08. The van der Waals surface area contributed by atoms with E-state index in [0.717, 1.165) is 17.2 Å². The van der Waals surface area contributed by atoms with Crippen molar-refractivity contribution in [2.75, 3.05) is 18.2 Å². The lowest BCUT2D eigenvalue weighted by atomic mass is 10.1. The molecule has 0 saturated carbocycles. The Morgan fingerprint density at radius 3 is 3.00 bits per heavy atom. The molecule has 19 heavy (non-hydrogen) atoms. The molecular formula is C13H16N2O3S. The highest BCUT2D eigenvalue weighted by Gasteiger charge is 2.21. The summed E-state index contributed by atoms with van der Waals surface area (Å²) in [7, 11) is 0. The van der Waals surface area contributed by atoms with Crippen LogP contribution in [0.5, 0.6) is 0 Å². The lowest BCUT2D eigenvalue weighted by molar-refractivity contribution is -0.122. The third-order valence-electron chi connectivity index (χ3n) is 2.92. The SMILES string of the molecule is O=C(O)c1cccc(CCNC(=O)C2CSCN2)c1. The van der Waals surface area contributed by atoms with Crippen molar-refractivity contribution >= 4 is 23.6 Å². The van der Waals surface area contributed by atoms with Gasteiger partial charge in [0.05, 0.1) is 11.6 Å². The minimum atomic E-state index is -0.932. The van der Waals surface area contributed by atoms with Gasteiger partial charge in [-0.15, -0.1) is 11.8 Å². The van der Waals surface area contributed by atoms with Crippen LogP contribution in [-0.4, -0.2) is 41.2 Å². The summed E-state index contributed by atoms with van der Waals surface area (Å²) in [6.07, 6.45) is 0.632. The lowest BCUT2D eigenvalue weighted by Gasteiger charge is -2.10. The average Bonchev–Trinajstić information content (AvgIpc) is 2.93. The second-order valence-electron chi connectivity index (χ2n) is 4.32. The first-order valence-corrected chi connectivity index (χ1v) is 7.23. The molecule has 1 heterocycles. The summed E-state index contributed by atoms with van der Waals surface area (Å²) in [4.78, 5) is 22.6. The number of hydrogen-bond acceptors (Lipinski definition) is 4. The summed E-state index contributed by atoms with van der Waals surface area (Å²) in [6.45, 7) is 0.519. The van der Waals surface area contributed by atoms with Crippen molar-refractivity contribution in [3.63, 3.8) is 0 Å². The fraction of sp³-hybridized carbons (Fsp3) is 0.385. The van der Waals surface area contributed by atoms with Crippen molar-refractivity contribution in [1.82, 2.24) is 10.6 Å². The van der Waals surface area contributed by atoms with Gasteiger partial charge in [0.2, 0.25) is 5.91 Å². The van der Waals surface area contributed by atoms with Crippen LogP contribution in [0.25, 0.3) is 0 Å². The van der Waals surface area contributed by atoms with Gasteiger partial charge in [0.1, 0.15) is 0 Å². The number of carboxylic acid groups (broad SMARTS) is 1. The van der Waals surface area contributed by atoms with Gasteiger partial charge in [-0.3, -0.25) is 10.1 Å². The van der Waals surface area contributed by atoms with E-state index in [9.17, 15) is 9.59 Å².